The van der Waals surface area contributed by atoms with Crippen LogP contribution in [-0.4, -0.2) is 23.9 Å². The van der Waals surface area contributed by atoms with Crippen LogP contribution >= 0.6 is 0 Å². The summed E-state index contributed by atoms with van der Waals surface area (Å²) in [6.45, 7) is 3.23. The van der Waals surface area contributed by atoms with Gasteiger partial charge < -0.3 is 9.84 Å². The van der Waals surface area contributed by atoms with Gasteiger partial charge in [-0.3, -0.25) is 0 Å². The summed E-state index contributed by atoms with van der Waals surface area (Å²) in [5.74, 6) is 0. The lowest BCUT2D eigenvalue weighted by atomic mass is 10.0. The van der Waals surface area contributed by atoms with Crippen molar-refractivity contribution in [3.63, 3.8) is 0 Å². The van der Waals surface area contributed by atoms with E-state index in [1.54, 1.807) is 0 Å². The molecule has 0 aromatic carbocycles. The van der Waals surface area contributed by atoms with Crippen molar-refractivity contribution in [2.24, 2.45) is 0 Å². The van der Waals surface area contributed by atoms with E-state index in [9.17, 15) is 0 Å². The molecule has 1 atom stereocenters. The van der Waals surface area contributed by atoms with Gasteiger partial charge in [-0.15, -0.1) is 0 Å². The summed E-state index contributed by atoms with van der Waals surface area (Å²) in [7, 11) is 0. The van der Waals surface area contributed by atoms with E-state index in [-0.39, 0.29) is 12.2 Å². The minimum atomic E-state index is -0.108. The monoisotopic (exact) mass is 200 g/mol. The maximum absolute atomic E-state index is 9.00. The average molecular weight is 200 g/mol. The zero-order valence-electron chi connectivity index (χ0n) is 9.43. The third-order valence-electron chi connectivity index (χ3n) is 3.08. The summed E-state index contributed by atoms with van der Waals surface area (Å²) in [5, 5.41) is 9.00. The van der Waals surface area contributed by atoms with Gasteiger partial charge in [-0.05, 0) is 6.42 Å². The molecule has 2 heteroatoms. The van der Waals surface area contributed by atoms with Crippen LogP contribution in [-0.2, 0) is 4.74 Å². The Morgan fingerprint density at radius 1 is 1.07 bits per heavy atom. The Morgan fingerprint density at radius 2 is 1.64 bits per heavy atom. The lowest BCUT2D eigenvalue weighted by Crippen LogP contribution is -2.15. The molecule has 84 valence electrons. The Kier molecular flexibility index (Phi) is 5.49. The quantitative estimate of drug-likeness (QED) is 0.458. The van der Waals surface area contributed by atoms with Crippen LogP contribution in [0, 0.1) is 0 Å². The predicted octanol–water partition coefficient (Wildman–Crippen LogP) is 2.89. The maximum atomic E-state index is 9.00. The second-order valence-electron chi connectivity index (χ2n) is 4.50. The van der Waals surface area contributed by atoms with Gasteiger partial charge in [0.2, 0.25) is 0 Å². The first-order chi connectivity index (χ1) is 6.83. The molecule has 0 aliphatic carbocycles. The van der Waals surface area contributed by atoms with Crippen LogP contribution in [0.15, 0.2) is 0 Å². The van der Waals surface area contributed by atoms with E-state index < -0.39 is 0 Å². The molecular formula is C12H24O2. The highest BCUT2D eigenvalue weighted by molar-refractivity contribution is 4.90. The van der Waals surface area contributed by atoms with Crippen molar-refractivity contribution in [1.82, 2.24) is 0 Å². The van der Waals surface area contributed by atoms with Crippen LogP contribution in [0.3, 0.4) is 0 Å². The van der Waals surface area contributed by atoms with Crippen molar-refractivity contribution >= 4 is 0 Å². The molecule has 0 aromatic heterocycles. The number of hydrogen-bond acceptors (Lipinski definition) is 2. The highest BCUT2D eigenvalue weighted by Crippen LogP contribution is 2.32. The molecule has 0 unspecified atom stereocenters. The van der Waals surface area contributed by atoms with Crippen molar-refractivity contribution in [1.29, 1.82) is 0 Å². The molecule has 0 saturated carbocycles. The first-order valence-electron chi connectivity index (χ1n) is 6.08. The summed E-state index contributed by atoms with van der Waals surface area (Å²) in [4.78, 5) is 0. The standard InChI is InChI=1S/C12H24O2/c1-2-3-4-5-6-7-8-9-12(10-13)11-14-12/h13H,2-11H2,1H3/t12-/m1/s1. The van der Waals surface area contributed by atoms with Crippen molar-refractivity contribution in [2.75, 3.05) is 13.2 Å². The number of epoxide rings is 1. The Morgan fingerprint density at radius 3 is 2.14 bits per heavy atom. The fourth-order valence-corrected chi connectivity index (χ4v) is 1.82. The lowest BCUT2D eigenvalue weighted by Gasteiger charge is -2.07. The van der Waals surface area contributed by atoms with E-state index >= 15 is 0 Å². The van der Waals surface area contributed by atoms with Crippen molar-refractivity contribution in [2.45, 2.75) is 63.9 Å². The molecule has 1 aliphatic heterocycles. The minimum absolute atomic E-state index is 0.108. The molecule has 1 N–H and O–H groups in total. The largest absolute Gasteiger partial charge is 0.393 e. The van der Waals surface area contributed by atoms with Crippen molar-refractivity contribution in [3.05, 3.63) is 0 Å². The first kappa shape index (κ1) is 12.0. The summed E-state index contributed by atoms with van der Waals surface area (Å²) < 4.78 is 5.24. The minimum Gasteiger partial charge on any atom is -0.393 e. The normalized spacial score (nSPS) is 25.3. The van der Waals surface area contributed by atoms with Crippen LogP contribution in [0.2, 0.25) is 0 Å². The summed E-state index contributed by atoms with van der Waals surface area (Å²) in [5.41, 5.74) is -0.108. The van der Waals surface area contributed by atoms with Crippen LogP contribution in [0.1, 0.15) is 58.3 Å². The van der Waals surface area contributed by atoms with Gasteiger partial charge in [-0.1, -0.05) is 51.9 Å². The van der Waals surface area contributed by atoms with E-state index in [1.807, 2.05) is 0 Å². The van der Waals surface area contributed by atoms with Crippen LogP contribution in [0.4, 0.5) is 0 Å². The van der Waals surface area contributed by atoms with E-state index in [2.05, 4.69) is 6.92 Å². The number of unbranched alkanes of at least 4 members (excludes halogenated alkanes) is 6. The second kappa shape index (κ2) is 6.41. The highest BCUT2D eigenvalue weighted by atomic mass is 16.6. The SMILES string of the molecule is CCCCCCCCC[C@@]1(CO)CO1. The van der Waals surface area contributed by atoms with Gasteiger partial charge >= 0.3 is 0 Å². The lowest BCUT2D eigenvalue weighted by molar-refractivity contribution is 0.161. The fraction of sp³-hybridized carbons (Fsp3) is 1.00. The van der Waals surface area contributed by atoms with Crippen LogP contribution in [0.5, 0.6) is 0 Å². The molecule has 1 fully saturated rings. The highest BCUT2D eigenvalue weighted by Gasteiger charge is 2.43. The van der Waals surface area contributed by atoms with Gasteiger partial charge in [0.1, 0.15) is 5.60 Å². The van der Waals surface area contributed by atoms with E-state index in [4.69, 9.17) is 9.84 Å². The van der Waals surface area contributed by atoms with Gasteiger partial charge in [0.05, 0.1) is 13.2 Å². The summed E-state index contributed by atoms with van der Waals surface area (Å²) in [6, 6.07) is 0. The first-order valence-corrected chi connectivity index (χ1v) is 6.08. The smallest absolute Gasteiger partial charge is 0.115 e. The Labute approximate surface area is 87.7 Å². The Bertz CT molecular complexity index is 141. The summed E-state index contributed by atoms with van der Waals surface area (Å²) >= 11 is 0. The molecule has 1 rings (SSSR count). The zero-order chi connectivity index (χ0) is 10.3. The molecule has 0 radical (unpaired) electrons. The van der Waals surface area contributed by atoms with Crippen molar-refractivity contribution < 1.29 is 9.84 Å². The van der Waals surface area contributed by atoms with Gasteiger partial charge in [-0.2, -0.15) is 0 Å². The topological polar surface area (TPSA) is 32.8 Å². The van der Waals surface area contributed by atoms with E-state index in [0.29, 0.717) is 0 Å². The predicted molar refractivity (Wildman–Crippen MR) is 58.4 cm³/mol. The number of aliphatic hydroxyl groups is 1. The van der Waals surface area contributed by atoms with Crippen molar-refractivity contribution in [3.8, 4) is 0 Å². The molecule has 1 saturated heterocycles. The molecule has 1 aliphatic rings. The summed E-state index contributed by atoms with van der Waals surface area (Å²) in [6.07, 6.45) is 10.4. The van der Waals surface area contributed by atoms with Gasteiger partial charge in [0.25, 0.3) is 0 Å². The second-order valence-corrected chi connectivity index (χ2v) is 4.50. The van der Waals surface area contributed by atoms with Gasteiger partial charge in [-0.25, -0.2) is 0 Å². The van der Waals surface area contributed by atoms with Crippen LogP contribution in [0.25, 0.3) is 0 Å². The number of aliphatic hydroxyl groups excluding tert-OH is 1. The third kappa shape index (κ3) is 4.43. The Balaban J connectivity index is 1.80. The molecular weight excluding hydrogens is 176 g/mol. The fourth-order valence-electron chi connectivity index (χ4n) is 1.82. The molecule has 14 heavy (non-hydrogen) atoms. The average Bonchev–Trinajstić information content (AvgIpc) is 2.98. The van der Waals surface area contributed by atoms with Gasteiger partial charge in [0.15, 0.2) is 0 Å². The third-order valence-corrected chi connectivity index (χ3v) is 3.08. The molecule has 1 heterocycles. The van der Waals surface area contributed by atoms with Gasteiger partial charge in [0, 0.05) is 0 Å². The molecule has 0 bridgehead atoms. The zero-order valence-corrected chi connectivity index (χ0v) is 9.43. The molecule has 0 aromatic rings. The number of hydrogen-bond donors (Lipinski definition) is 1. The molecule has 0 amide bonds. The molecule has 0 spiro atoms. The van der Waals surface area contributed by atoms with E-state index in [1.165, 1.54) is 44.9 Å². The van der Waals surface area contributed by atoms with E-state index in [0.717, 1.165) is 13.0 Å². The molecule has 2 nitrogen and oxygen atoms in total. The Hall–Kier alpha value is -0.0800. The maximum Gasteiger partial charge on any atom is 0.115 e. The van der Waals surface area contributed by atoms with Crippen LogP contribution < -0.4 is 0 Å². The number of rotatable bonds is 9. The number of ether oxygens (including phenoxy) is 1.